The van der Waals surface area contributed by atoms with Gasteiger partial charge < -0.3 is 53.5 Å². The number of anilines is 3. The first kappa shape index (κ1) is 59.2. The summed E-state index contributed by atoms with van der Waals surface area (Å²) in [6.07, 6.45) is 24.8. The molecule has 0 amide bonds. The smallest absolute Gasteiger partial charge is 0.231 e. The van der Waals surface area contributed by atoms with Crippen LogP contribution in [0.4, 0.5) is 17.1 Å². The number of rotatable bonds is 11. The third kappa shape index (κ3) is 12.4. The molecule has 16 aromatic rings. The van der Waals surface area contributed by atoms with Gasteiger partial charge >= 0.3 is 0 Å². The second kappa shape index (κ2) is 25.8. The summed E-state index contributed by atoms with van der Waals surface area (Å²) in [5, 5.41) is 11.9. The molecule has 13 heterocycles. The lowest BCUT2D eigenvalue weighted by Gasteiger charge is -2.12. The van der Waals surface area contributed by atoms with Crippen molar-refractivity contribution in [2.24, 2.45) is 0 Å². The van der Waals surface area contributed by atoms with Gasteiger partial charge in [-0.15, -0.1) is 11.3 Å². The molecule has 0 radical (unpaired) electrons. The van der Waals surface area contributed by atoms with E-state index in [2.05, 4.69) is 206 Å². The number of furan rings is 1. The Balaban J connectivity index is 0.000000107. The molecular weight excluding hydrogens is 1200 g/mol. The maximum absolute atomic E-state index is 5.45. The number of thiophene rings is 1. The number of aromatic amines is 5. The number of aromatic nitrogens is 10. The maximum atomic E-state index is 5.45. The summed E-state index contributed by atoms with van der Waals surface area (Å²) in [5.74, 6) is 1.55. The van der Waals surface area contributed by atoms with Gasteiger partial charge in [0.25, 0.3) is 0 Å². The fourth-order valence-electron chi connectivity index (χ4n) is 11.4. The zero-order valence-electron chi connectivity index (χ0n) is 52.2. The van der Waals surface area contributed by atoms with Crippen molar-refractivity contribution in [3.8, 4) is 100.0 Å². The van der Waals surface area contributed by atoms with Crippen LogP contribution in [-0.2, 0) is 0 Å². The SMILES string of the molecule is CN(C)c1ccc(-c2cnc3[nH]cc(-c4cc[nH]c4)c3c2)cc1.CN(C)c1ccc(-c2cnc3[nH]cc(-c4nccs4)c3c2)cc1.Cc1cscc1-c1c[nH]c2ncc(-c3ccc(N(C)C)cc3)cc12.c1cc(-c2c[nH]c3ncc(-c4ccc5c(c4)OCO5)cc23)co1. The molecule has 18 heteroatoms. The summed E-state index contributed by atoms with van der Waals surface area (Å²) in [6.45, 7) is 2.43. The Hall–Kier alpha value is -11.5. The summed E-state index contributed by atoms with van der Waals surface area (Å²) in [7, 11) is 12.3. The number of H-pyrrole nitrogens is 5. The molecule has 0 fully saturated rings. The maximum Gasteiger partial charge on any atom is 0.231 e. The van der Waals surface area contributed by atoms with E-state index in [1.54, 1.807) is 35.2 Å². The first-order valence-electron chi connectivity index (χ1n) is 30.2. The van der Waals surface area contributed by atoms with Gasteiger partial charge in [-0.05, 0) is 136 Å². The molecule has 12 aromatic heterocycles. The Bertz CT molecular complexity index is 5010. The van der Waals surface area contributed by atoms with Gasteiger partial charge in [-0.25, -0.2) is 24.9 Å². The molecule has 5 N–H and O–H groups in total. The molecule has 0 bridgehead atoms. The number of thiazole rings is 1. The van der Waals surface area contributed by atoms with E-state index in [9.17, 15) is 0 Å². The van der Waals surface area contributed by atoms with E-state index >= 15 is 0 Å². The topological polar surface area (TPSA) is 185 Å². The van der Waals surface area contributed by atoms with E-state index in [1.807, 2.05) is 120 Å². The van der Waals surface area contributed by atoms with Crippen LogP contribution in [0, 0.1) is 6.92 Å². The van der Waals surface area contributed by atoms with E-state index in [4.69, 9.17) is 13.9 Å². The van der Waals surface area contributed by atoms with Crippen molar-refractivity contribution in [3.63, 3.8) is 0 Å². The number of pyridine rings is 4. The lowest BCUT2D eigenvalue weighted by molar-refractivity contribution is 0.174. The lowest BCUT2D eigenvalue weighted by atomic mass is 10.0. The van der Waals surface area contributed by atoms with Gasteiger partial charge in [0.1, 0.15) is 27.6 Å². The Morgan fingerprint density at radius 2 is 0.871 bits per heavy atom. The van der Waals surface area contributed by atoms with Crippen molar-refractivity contribution in [1.82, 2.24) is 49.8 Å². The van der Waals surface area contributed by atoms with Crippen LogP contribution in [0.1, 0.15) is 5.56 Å². The fourth-order valence-corrected chi connectivity index (χ4v) is 12.9. The molecule has 0 unspecified atom stereocenters. The molecule has 0 saturated carbocycles. The third-order valence-electron chi connectivity index (χ3n) is 16.5. The minimum absolute atomic E-state index is 0.276. The first-order valence-corrected chi connectivity index (χ1v) is 32.0. The number of fused-ring (bicyclic) bond motifs is 5. The van der Waals surface area contributed by atoms with Crippen LogP contribution in [0.5, 0.6) is 11.5 Å². The Kier molecular flexibility index (Phi) is 16.4. The zero-order chi connectivity index (χ0) is 63.5. The molecule has 4 aromatic carbocycles. The minimum atomic E-state index is 0.276. The van der Waals surface area contributed by atoms with Crippen LogP contribution in [0.15, 0.2) is 229 Å². The van der Waals surface area contributed by atoms with E-state index in [0.29, 0.717) is 0 Å². The first-order chi connectivity index (χ1) is 45.5. The number of nitrogens with one attached hydrogen (secondary N) is 5. The number of nitrogens with zero attached hydrogens (tertiary/aromatic N) is 8. The van der Waals surface area contributed by atoms with Crippen LogP contribution in [0.3, 0.4) is 0 Å². The highest BCUT2D eigenvalue weighted by Crippen LogP contribution is 2.40. The second-order valence-electron chi connectivity index (χ2n) is 23.1. The number of hydrogen-bond donors (Lipinski definition) is 5. The van der Waals surface area contributed by atoms with Crippen molar-refractivity contribution in [1.29, 1.82) is 0 Å². The molecular formula is C75H65N13O3S2. The summed E-state index contributed by atoms with van der Waals surface area (Å²) in [4.78, 5) is 45.0. The lowest BCUT2D eigenvalue weighted by Crippen LogP contribution is -2.07. The van der Waals surface area contributed by atoms with Gasteiger partial charge in [-0.1, -0.05) is 42.5 Å². The number of benzene rings is 4. The molecule has 0 atom stereocenters. The average molecular weight is 1260 g/mol. The van der Waals surface area contributed by atoms with Crippen LogP contribution in [0.25, 0.3) is 133 Å². The van der Waals surface area contributed by atoms with E-state index < -0.39 is 0 Å². The van der Waals surface area contributed by atoms with Crippen LogP contribution >= 0.6 is 22.7 Å². The highest BCUT2D eigenvalue weighted by Gasteiger charge is 2.18. The van der Waals surface area contributed by atoms with Crippen molar-refractivity contribution < 1.29 is 13.9 Å². The Labute approximate surface area is 544 Å². The largest absolute Gasteiger partial charge is 0.472 e. The van der Waals surface area contributed by atoms with Crippen molar-refractivity contribution in [2.75, 3.05) is 63.8 Å². The number of hydrogen-bond acceptors (Lipinski definition) is 13. The highest BCUT2D eigenvalue weighted by molar-refractivity contribution is 7.13. The summed E-state index contributed by atoms with van der Waals surface area (Å²) < 4.78 is 16.0. The normalized spacial score (nSPS) is 11.5. The molecule has 93 heavy (non-hydrogen) atoms. The van der Waals surface area contributed by atoms with Gasteiger partial charge in [-0.3, -0.25) is 0 Å². The zero-order valence-corrected chi connectivity index (χ0v) is 53.8. The molecule has 17 rings (SSSR count). The Morgan fingerprint density at radius 3 is 1.32 bits per heavy atom. The number of ether oxygens (including phenoxy) is 2. The molecule has 460 valence electrons. The third-order valence-corrected chi connectivity index (χ3v) is 18.2. The van der Waals surface area contributed by atoms with Gasteiger partial charge in [0.2, 0.25) is 6.79 Å². The molecule has 0 saturated heterocycles. The highest BCUT2D eigenvalue weighted by atomic mass is 32.1. The molecule has 0 aliphatic carbocycles. The number of aryl methyl sites for hydroxylation is 1. The standard InChI is InChI=1S/C20H19N3S.C19H18N4.C18H16N4S.C18H12N2O3/c1-13-11-24-12-19(13)18-10-22-20-17(18)8-15(9-21-20)14-4-6-16(7-5-14)23(2)3;1-23(2)16-5-3-13(4-6-16)15-9-17-18(14-7-8-20-10-14)12-22-19(17)21-11-15;1-22(2)14-5-3-12(4-6-14)13-9-15-16(18-19-7-8-23-18)11-21-17(15)20-10-13;1-2-16-17(23-10-22-16)6-11(1)13-5-14-15(12-3-4-21-9-12)8-20-18(14)19-7-13/h4-12H,1-3H3,(H,21,22);3-12,20H,1-2H3,(H,21,22);3-11H,1-2H3,(H,20,21);1-9H,10H2,(H,19,20). The monoisotopic (exact) mass is 1260 g/mol. The van der Waals surface area contributed by atoms with Gasteiger partial charge in [-0.2, -0.15) is 11.3 Å². The van der Waals surface area contributed by atoms with Crippen LogP contribution in [-0.4, -0.2) is 98.9 Å². The summed E-state index contributed by atoms with van der Waals surface area (Å²) in [5.41, 5.74) is 25.5. The quantitative estimate of drug-likeness (QED) is 0.0830. The summed E-state index contributed by atoms with van der Waals surface area (Å²) in [6, 6.07) is 44.3. The predicted octanol–water partition coefficient (Wildman–Crippen LogP) is 18.3. The predicted molar refractivity (Wildman–Crippen MR) is 382 cm³/mol. The van der Waals surface area contributed by atoms with Crippen LogP contribution in [0.2, 0.25) is 0 Å². The van der Waals surface area contributed by atoms with Crippen molar-refractivity contribution in [3.05, 3.63) is 230 Å². The molecule has 0 spiro atoms. The van der Waals surface area contributed by atoms with Gasteiger partial charge in [0.05, 0.1) is 12.5 Å². The van der Waals surface area contributed by atoms with E-state index in [-0.39, 0.29) is 6.79 Å². The molecule has 16 nitrogen and oxygen atoms in total. The summed E-state index contributed by atoms with van der Waals surface area (Å²) >= 11 is 3.38. The van der Waals surface area contributed by atoms with E-state index in [1.165, 1.54) is 55.8 Å². The van der Waals surface area contributed by atoms with Gasteiger partial charge in [0.15, 0.2) is 11.5 Å². The van der Waals surface area contributed by atoms with Gasteiger partial charge in [0, 0.05) is 210 Å². The fraction of sp³-hybridized carbons (Fsp3) is 0.107. The molecule has 1 aliphatic heterocycles. The van der Waals surface area contributed by atoms with E-state index in [0.717, 1.165) is 111 Å². The average Bonchev–Trinajstić information content (AvgIpc) is 1.87. The van der Waals surface area contributed by atoms with Crippen molar-refractivity contribution in [2.45, 2.75) is 6.92 Å². The molecule has 1 aliphatic rings. The second-order valence-corrected chi connectivity index (χ2v) is 24.7. The Morgan fingerprint density at radius 1 is 0.409 bits per heavy atom. The van der Waals surface area contributed by atoms with Crippen LogP contribution < -0.4 is 24.2 Å². The van der Waals surface area contributed by atoms with Crippen molar-refractivity contribution >= 4 is 83.9 Å². The minimum Gasteiger partial charge on any atom is -0.472 e.